The first-order valence-electron chi connectivity index (χ1n) is 4.96. The second kappa shape index (κ2) is 5.46. The number of amides is 1. The van der Waals surface area contributed by atoms with Crippen LogP contribution in [-0.4, -0.2) is 31.4 Å². The molecule has 16 heavy (non-hydrogen) atoms. The van der Waals surface area contributed by atoms with Crippen molar-refractivity contribution >= 4 is 11.6 Å². The Balaban J connectivity index is 2.62. The van der Waals surface area contributed by atoms with E-state index in [1.165, 1.54) is 6.07 Å². The van der Waals surface area contributed by atoms with Gasteiger partial charge in [0, 0.05) is 24.8 Å². The lowest BCUT2D eigenvalue weighted by molar-refractivity contribution is -0.121. The molecule has 1 amide bonds. The first-order valence-corrected chi connectivity index (χ1v) is 4.96. The molecule has 0 unspecified atom stereocenters. The van der Waals surface area contributed by atoms with Gasteiger partial charge in [-0.3, -0.25) is 9.69 Å². The third-order valence-electron chi connectivity index (χ3n) is 2.21. The van der Waals surface area contributed by atoms with E-state index in [1.807, 2.05) is 0 Å². The van der Waals surface area contributed by atoms with Crippen molar-refractivity contribution in [3.05, 3.63) is 29.6 Å². The second-order valence-corrected chi connectivity index (χ2v) is 3.70. The lowest BCUT2D eigenvalue weighted by Gasteiger charge is -2.16. The van der Waals surface area contributed by atoms with Crippen LogP contribution in [0.5, 0.6) is 0 Å². The van der Waals surface area contributed by atoms with Gasteiger partial charge in [0.2, 0.25) is 5.91 Å². The van der Waals surface area contributed by atoms with Gasteiger partial charge in [0.1, 0.15) is 5.82 Å². The molecule has 1 aromatic rings. The average Bonchev–Trinajstić information content (AvgIpc) is 2.22. The summed E-state index contributed by atoms with van der Waals surface area (Å²) < 4.78 is 13.4. The highest BCUT2D eigenvalue weighted by atomic mass is 19.1. The first kappa shape index (κ1) is 12.4. The van der Waals surface area contributed by atoms with Gasteiger partial charge in [-0.15, -0.1) is 0 Å². The molecule has 88 valence electrons. The Labute approximate surface area is 94.2 Å². The van der Waals surface area contributed by atoms with Crippen molar-refractivity contribution in [1.29, 1.82) is 0 Å². The fraction of sp³-hybridized carbons (Fsp3) is 0.364. The van der Waals surface area contributed by atoms with Crippen molar-refractivity contribution in [1.82, 2.24) is 10.2 Å². The molecular weight excluding hydrogens is 209 g/mol. The van der Waals surface area contributed by atoms with Gasteiger partial charge in [0.25, 0.3) is 0 Å². The minimum absolute atomic E-state index is 0.0987. The van der Waals surface area contributed by atoms with E-state index in [0.29, 0.717) is 17.8 Å². The van der Waals surface area contributed by atoms with Crippen LogP contribution >= 0.6 is 0 Å². The number of rotatable bonds is 4. The van der Waals surface area contributed by atoms with E-state index in [-0.39, 0.29) is 18.3 Å². The van der Waals surface area contributed by atoms with E-state index in [1.54, 1.807) is 31.1 Å². The van der Waals surface area contributed by atoms with Gasteiger partial charge in [0.15, 0.2) is 0 Å². The van der Waals surface area contributed by atoms with Gasteiger partial charge in [-0.05, 0) is 19.2 Å². The van der Waals surface area contributed by atoms with Crippen LogP contribution in [0.4, 0.5) is 10.1 Å². The Kier molecular flexibility index (Phi) is 4.25. The highest BCUT2D eigenvalue weighted by Crippen LogP contribution is 2.13. The second-order valence-electron chi connectivity index (χ2n) is 3.70. The molecule has 0 aliphatic heterocycles. The fourth-order valence-corrected chi connectivity index (χ4v) is 1.36. The predicted octanol–water partition coefficient (Wildman–Crippen LogP) is 0.586. The summed E-state index contributed by atoms with van der Waals surface area (Å²) in [6, 6.07) is 4.56. The van der Waals surface area contributed by atoms with Crippen molar-refractivity contribution in [2.24, 2.45) is 0 Å². The summed E-state index contributed by atoms with van der Waals surface area (Å²) in [5.74, 6) is -0.442. The number of nitrogens with one attached hydrogen (secondary N) is 1. The summed E-state index contributed by atoms with van der Waals surface area (Å²) in [6.45, 7) is 0.611. The first-order chi connectivity index (χ1) is 7.52. The Morgan fingerprint density at radius 1 is 1.56 bits per heavy atom. The van der Waals surface area contributed by atoms with Crippen LogP contribution in [-0.2, 0) is 11.3 Å². The molecule has 0 saturated heterocycles. The molecule has 1 rings (SSSR count). The molecule has 0 bridgehead atoms. The van der Waals surface area contributed by atoms with E-state index < -0.39 is 0 Å². The van der Waals surface area contributed by atoms with Crippen molar-refractivity contribution in [3.8, 4) is 0 Å². The SMILES string of the molecule is CNC(=O)CN(C)Cc1ccc(N)cc1F. The highest BCUT2D eigenvalue weighted by molar-refractivity contribution is 5.77. The molecule has 1 aromatic carbocycles. The number of carbonyl (C=O) groups is 1. The monoisotopic (exact) mass is 225 g/mol. The quantitative estimate of drug-likeness (QED) is 0.737. The number of hydrogen-bond donors (Lipinski definition) is 2. The molecule has 0 aliphatic carbocycles. The number of carbonyl (C=O) groups excluding carboxylic acids is 1. The summed E-state index contributed by atoms with van der Waals surface area (Å²) >= 11 is 0. The molecule has 0 saturated carbocycles. The largest absolute Gasteiger partial charge is 0.399 e. The molecular formula is C11H16FN3O. The number of nitrogens with two attached hydrogens (primary N) is 1. The Morgan fingerprint density at radius 3 is 2.81 bits per heavy atom. The van der Waals surface area contributed by atoms with Crippen LogP contribution in [0, 0.1) is 5.82 Å². The number of anilines is 1. The molecule has 0 fully saturated rings. The number of hydrogen-bond acceptors (Lipinski definition) is 3. The zero-order valence-electron chi connectivity index (χ0n) is 9.46. The summed E-state index contributed by atoms with van der Waals surface area (Å²) in [5.41, 5.74) is 6.37. The van der Waals surface area contributed by atoms with E-state index >= 15 is 0 Å². The molecule has 0 atom stereocenters. The van der Waals surface area contributed by atoms with Crippen molar-refractivity contribution in [3.63, 3.8) is 0 Å². The van der Waals surface area contributed by atoms with Crippen LogP contribution in [0.15, 0.2) is 18.2 Å². The van der Waals surface area contributed by atoms with Gasteiger partial charge >= 0.3 is 0 Å². The van der Waals surface area contributed by atoms with Gasteiger partial charge in [-0.2, -0.15) is 0 Å². The maximum Gasteiger partial charge on any atom is 0.233 e. The van der Waals surface area contributed by atoms with Crippen LogP contribution in [0.25, 0.3) is 0 Å². The van der Waals surface area contributed by atoms with E-state index in [2.05, 4.69) is 5.32 Å². The van der Waals surface area contributed by atoms with E-state index in [0.717, 1.165) is 0 Å². The van der Waals surface area contributed by atoms with Crippen molar-refractivity contribution in [2.45, 2.75) is 6.54 Å². The Hall–Kier alpha value is -1.62. The highest BCUT2D eigenvalue weighted by Gasteiger charge is 2.08. The van der Waals surface area contributed by atoms with E-state index in [4.69, 9.17) is 5.73 Å². The van der Waals surface area contributed by atoms with Crippen LogP contribution in [0.1, 0.15) is 5.56 Å². The molecule has 0 heterocycles. The molecule has 0 aliphatic rings. The lowest BCUT2D eigenvalue weighted by atomic mass is 10.2. The minimum Gasteiger partial charge on any atom is -0.399 e. The number of likely N-dealkylation sites (N-methyl/N-ethyl adjacent to an activating group) is 2. The zero-order chi connectivity index (χ0) is 12.1. The smallest absolute Gasteiger partial charge is 0.233 e. The summed E-state index contributed by atoms with van der Waals surface area (Å²) in [4.78, 5) is 12.8. The number of nitrogen functional groups attached to an aromatic ring is 1. The molecule has 5 heteroatoms. The van der Waals surface area contributed by atoms with Gasteiger partial charge in [-0.25, -0.2) is 4.39 Å². The van der Waals surface area contributed by atoms with Crippen LogP contribution < -0.4 is 11.1 Å². The molecule has 0 spiro atoms. The summed E-state index contributed by atoms with van der Waals surface area (Å²) in [6.07, 6.45) is 0. The van der Waals surface area contributed by atoms with E-state index in [9.17, 15) is 9.18 Å². The maximum atomic E-state index is 13.4. The molecule has 0 aromatic heterocycles. The minimum atomic E-state index is -0.344. The third-order valence-corrected chi connectivity index (χ3v) is 2.21. The van der Waals surface area contributed by atoms with Crippen LogP contribution in [0.2, 0.25) is 0 Å². The Bertz CT molecular complexity index is 381. The average molecular weight is 225 g/mol. The zero-order valence-corrected chi connectivity index (χ0v) is 9.46. The predicted molar refractivity (Wildman–Crippen MR) is 61.2 cm³/mol. The Morgan fingerprint density at radius 2 is 2.25 bits per heavy atom. The molecule has 4 nitrogen and oxygen atoms in total. The summed E-state index contributed by atoms with van der Waals surface area (Å²) in [5, 5.41) is 2.51. The third kappa shape index (κ3) is 3.51. The topological polar surface area (TPSA) is 58.4 Å². The molecule has 3 N–H and O–H groups in total. The van der Waals surface area contributed by atoms with Gasteiger partial charge in [-0.1, -0.05) is 6.07 Å². The van der Waals surface area contributed by atoms with Crippen molar-refractivity contribution < 1.29 is 9.18 Å². The standard InChI is InChI=1S/C11H16FN3O/c1-14-11(16)7-15(2)6-8-3-4-9(13)5-10(8)12/h3-5H,6-7,13H2,1-2H3,(H,14,16). The number of halogens is 1. The number of nitrogens with zero attached hydrogens (tertiary/aromatic N) is 1. The van der Waals surface area contributed by atoms with Crippen LogP contribution in [0.3, 0.4) is 0 Å². The lowest BCUT2D eigenvalue weighted by Crippen LogP contribution is -2.32. The van der Waals surface area contributed by atoms with Gasteiger partial charge < -0.3 is 11.1 Å². The summed E-state index contributed by atoms with van der Waals surface area (Å²) in [7, 11) is 3.32. The number of benzene rings is 1. The molecule has 0 radical (unpaired) electrons. The fourth-order valence-electron chi connectivity index (χ4n) is 1.36. The normalized spacial score (nSPS) is 10.5. The maximum absolute atomic E-state index is 13.4. The van der Waals surface area contributed by atoms with Gasteiger partial charge in [0.05, 0.1) is 6.54 Å². The van der Waals surface area contributed by atoms with Crippen molar-refractivity contribution in [2.75, 3.05) is 26.4 Å².